The van der Waals surface area contributed by atoms with E-state index in [1.54, 1.807) is 0 Å². The summed E-state index contributed by atoms with van der Waals surface area (Å²) in [5, 5.41) is 9.31. The van der Waals surface area contributed by atoms with Gasteiger partial charge < -0.3 is 10.6 Å². The van der Waals surface area contributed by atoms with Crippen LogP contribution in [0.15, 0.2) is 30.5 Å². The van der Waals surface area contributed by atoms with E-state index in [-0.39, 0.29) is 29.1 Å². The van der Waals surface area contributed by atoms with Crippen molar-refractivity contribution in [1.82, 2.24) is 19.9 Å². The van der Waals surface area contributed by atoms with Gasteiger partial charge in [-0.3, -0.25) is 0 Å². The summed E-state index contributed by atoms with van der Waals surface area (Å²) in [4.78, 5) is 4.15. The summed E-state index contributed by atoms with van der Waals surface area (Å²) in [5.74, 6) is -7.30. The van der Waals surface area contributed by atoms with Crippen LogP contribution in [-0.4, -0.2) is 39.7 Å². The molecule has 1 aromatic carbocycles. The lowest BCUT2D eigenvalue weighted by Crippen LogP contribution is -2.53. The van der Waals surface area contributed by atoms with Crippen molar-refractivity contribution < 1.29 is 22.0 Å². The first-order valence-corrected chi connectivity index (χ1v) is 8.21. The van der Waals surface area contributed by atoms with E-state index in [2.05, 4.69) is 20.7 Å². The van der Waals surface area contributed by atoms with Crippen LogP contribution >= 0.6 is 0 Å². The maximum absolute atomic E-state index is 14.2. The molecule has 0 bridgehead atoms. The molecule has 0 radical (unpaired) electrons. The van der Waals surface area contributed by atoms with E-state index in [0.717, 1.165) is 12.1 Å². The lowest BCUT2D eigenvalue weighted by Gasteiger charge is -2.31. The summed E-state index contributed by atoms with van der Waals surface area (Å²) >= 11 is 0. The van der Waals surface area contributed by atoms with Crippen LogP contribution in [0, 0.1) is 17.5 Å². The number of hydrogen-bond acceptors (Lipinski definition) is 4. The predicted octanol–water partition coefficient (Wildman–Crippen LogP) is 3.22. The van der Waals surface area contributed by atoms with Gasteiger partial charge in [-0.05, 0) is 37.2 Å². The molecule has 1 aliphatic heterocycles. The lowest BCUT2D eigenvalue weighted by molar-refractivity contribution is -0.0323. The van der Waals surface area contributed by atoms with E-state index < -0.39 is 36.0 Å². The molecule has 27 heavy (non-hydrogen) atoms. The molecule has 0 aliphatic carbocycles. The van der Waals surface area contributed by atoms with Crippen LogP contribution in [0.1, 0.15) is 6.42 Å². The summed E-state index contributed by atoms with van der Waals surface area (Å²) in [6.45, 7) is -0.0324. The first-order chi connectivity index (χ1) is 12.9. The molecule has 10 heteroatoms. The molecule has 142 valence electrons. The van der Waals surface area contributed by atoms with Crippen LogP contribution in [0.4, 0.5) is 27.9 Å². The van der Waals surface area contributed by atoms with Gasteiger partial charge >= 0.3 is 0 Å². The molecule has 3 heterocycles. The van der Waals surface area contributed by atoms with E-state index >= 15 is 0 Å². The largest absolute Gasteiger partial charge is 0.344 e. The Labute approximate surface area is 150 Å². The molecule has 2 aromatic heterocycles. The summed E-state index contributed by atoms with van der Waals surface area (Å²) < 4.78 is 70.1. The average molecular weight is 383 g/mol. The molecule has 0 spiro atoms. The van der Waals surface area contributed by atoms with Gasteiger partial charge in [-0.15, -0.1) is 5.10 Å². The number of halogens is 5. The normalized spacial score (nSPS) is 19.4. The standard InChI is InChI=1S/C17H14F5N5/c18-11-4-3-9(13(19)14(11)20)10-2-1-7-27-15(10)25-16(26-27)24-12-5-6-23-8-17(12,21)22/h1-4,7,12,23H,5-6,8H2,(H,24,26)/t12-/m0/s1. The van der Waals surface area contributed by atoms with Crippen LogP contribution < -0.4 is 10.6 Å². The van der Waals surface area contributed by atoms with E-state index in [9.17, 15) is 22.0 Å². The van der Waals surface area contributed by atoms with Crippen LogP contribution in [0.2, 0.25) is 0 Å². The summed E-state index contributed by atoms with van der Waals surface area (Å²) in [6.07, 6.45) is 1.67. The summed E-state index contributed by atoms with van der Waals surface area (Å²) in [7, 11) is 0. The van der Waals surface area contributed by atoms with Crippen LogP contribution in [0.3, 0.4) is 0 Å². The van der Waals surface area contributed by atoms with Gasteiger partial charge in [-0.2, -0.15) is 4.98 Å². The van der Waals surface area contributed by atoms with Gasteiger partial charge in [0.2, 0.25) is 5.95 Å². The molecule has 5 nitrogen and oxygen atoms in total. The van der Waals surface area contributed by atoms with Gasteiger partial charge in [0.25, 0.3) is 5.92 Å². The van der Waals surface area contributed by atoms with Crippen molar-refractivity contribution in [3.63, 3.8) is 0 Å². The molecule has 1 fully saturated rings. The second-order valence-corrected chi connectivity index (χ2v) is 6.27. The van der Waals surface area contributed by atoms with Crippen molar-refractivity contribution in [3.05, 3.63) is 47.9 Å². The predicted molar refractivity (Wildman–Crippen MR) is 88.1 cm³/mol. The number of anilines is 1. The number of nitrogens with zero attached hydrogens (tertiary/aromatic N) is 3. The van der Waals surface area contributed by atoms with Crippen LogP contribution in [-0.2, 0) is 0 Å². The molecular formula is C17H14F5N5. The summed E-state index contributed by atoms with van der Waals surface area (Å²) in [6, 6.07) is 3.72. The third-order valence-corrected chi connectivity index (χ3v) is 4.47. The Bertz CT molecular complexity index is 1000. The molecule has 3 aromatic rings. The molecule has 0 unspecified atom stereocenters. The minimum Gasteiger partial charge on any atom is -0.344 e. The van der Waals surface area contributed by atoms with Gasteiger partial charge in [-0.25, -0.2) is 26.5 Å². The van der Waals surface area contributed by atoms with E-state index in [1.807, 2.05) is 0 Å². The molecule has 2 N–H and O–H groups in total. The zero-order chi connectivity index (χ0) is 19.2. The number of pyridine rings is 1. The quantitative estimate of drug-likeness (QED) is 0.539. The van der Waals surface area contributed by atoms with E-state index in [4.69, 9.17) is 0 Å². The molecule has 1 aliphatic rings. The average Bonchev–Trinajstić information content (AvgIpc) is 3.04. The molecule has 1 atom stereocenters. The second-order valence-electron chi connectivity index (χ2n) is 6.27. The van der Waals surface area contributed by atoms with Crippen molar-refractivity contribution in [1.29, 1.82) is 0 Å². The number of aromatic nitrogens is 3. The third-order valence-electron chi connectivity index (χ3n) is 4.47. The Hall–Kier alpha value is -2.75. The number of fused-ring (bicyclic) bond motifs is 1. The Morgan fingerprint density at radius 1 is 1.11 bits per heavy atom. The molecule has 0 saturated carbocycles. The Morgan fingerprint density at radius 2 is 1.93 bits per heavy atom. The highest BCUT2D eigenvalue weighted by atomic mass is 19.3. The number of alkyl halides is 2. The zero-order valence-electron chi connectivity index (χ0n) is 13.8. The first kappa shape index (κ1) is 17.7. The minimum absolute atomic E-state index is 0.0583. The SMILES string of the molecule is Fc1ccc(-c2cccn3nc(N[C@H]4CCNCC4(F)F)nc23)c(F)c1F. The highest BCUT2D eigenvalue weighted by Crippen LogP contribution is 2.30. The maximum atomic E-state index is 14.2. The second kappa shape index (κ2) is 6.45. The van der Waals surface area contributed by atoms with Gasteiger partial charge in [0, 0.05) is 17.3 Å². The van der Waals surface area contributed by atoms with Crippen molar-refractivity contribution in [2.24, 2.45) is 0 Å². The Balaban J connectivity index is 1.74. The fourth-order valence-corrected chi connectivity index (χ4v) is 3.08. The summed E-state index contributed by atoms with van der Waals surface area (Å²) in [5.41, 5.74) is 0.0827. The Kier molecular flexibility index (Phi) is 4.22. The Morgan fingerprint density at radius 3 is 2.70 bits per heavy atom. The fraction of sp³-hybridized carbons (Fsp3) is 0.294. The highest BCUT2D eigenvalue weighted by Gasteiger charge is 2.42. The van der Waals surface area contributed by atoms with Crippen molar-refractivity contribution in [2.75, 3.05) is 18.4 Å². The monoisotopic (exact) mass is 383 g/mol. The number of piperidine rings is 1. The van der Waals surface area contributed by atoms with Crippen molar-refractivity contribution in [3.8, 4) is 11.1 Å². The minimum atomic E-state index is -2.98. The van der Waals surface area contributed by atoms with Crippen LogP contribution in [0.25, 0.3) is 16.8 Å². The number of rotatable bonds is 3. The number of benzene rings is 1. The van der Waals surface area contributed by atoms with Gasteiger partial charge in [0.1, 0.15) is 0 Å². The number of nitrogens with one attached hydrogen (secondary N) is 2. The fourth-order valence-electron chi connectivity index (χ4n) is 3.08. The van der Waals surface area contributed by atoms with E-state index in [1.165, 1.54) is 22.8 Å². The molecule has 0 amide bonds. The lowest BCUT2D eigenvalue weighted by atomic mass is 10.0. The molecule has 1 saturated heterocycles. The van der Waals surface area contributed by atoms with E-state index in [0.29, 0.717) is 6.54 Å². The van der Waals surface area contributed by atoms with Crippen LogP contribution in [0.5, 0.6) is 0 Å². The molecule has 4 rings (SSSR count). The van der Waals surface area contributed by atoms with Crippen molar-refractivity contribution >= 4 is 11.6 Å². The van der Waals surface area contributed by atoms with Gasteiger partial charge in [-0.1, -0.05) is 0 Å². The third kappa shape index (κ3) is 3.09. The zero-order valence-corrected chi connectivity index (χ0v) is 13.8. The van der Waals surface area contributed by atoms with Gasteiger partial charge in [0.15, 0.2) is 23.1 Å². The topological polar surface area (TPSA) is 54.2 Å². The maximum Gasteiger partial charge on any atom is 0.280 e. The van der Waals surface area contributed by atoms with Gasteiger partial charge in [0.05, 0.1) is 12.6 Å². The number of hydrogen-bond donors (Lipinski definition) is 2. The highest BCUT2D eigenvalue weighted by molar-refractivity contribution is 5.78. The first-order valence-electron chi connectivity index (χ1n) is 8.21. The van der Waals surface area contributed by atoms with Crippen molar-refractivity contribution in [2.45, 2.75) is 18.4 Å². The molecular weight excluding hydrogens is 369 g/mol. The smallest absolute Gasteiger partial charge is 0.280 e.